The molecule has 3 rings (SSSR count). The Morgan fingerprint density at radius 3 is 2.79 bits per heavy atom. The lowest BCUT2D eigenvalue weighted by Crippen LogP contribution is -2.30. The van der Waals surface area contributed by atoms with Gasteiger partial charge in [0.1, 0.15) is 5.75 Å². The van der Waals surface area contributed by atoms with Crippen molar-refractivity contribution in [2.75, 3.05) is 18.5 Å². The summed E-state index contributed by atoms with van der Waals surface area (Å²) in [7, 11) is 0. The second-order valence-electron chi connectivity index (χ2n) is 5.96. The number of thiophene rings is 1. The maximum Gasteiger partial charge on any atom is 0.319 e. The van der Waals surface area contributed by atoms with Crippen LogP contribution in [0.2, 0.25) is 0 Å². The topological polar surface area (TPSA) is 50.4 Å². The van der Waals surface area contributed by atoms with E-state index >= 15 is 0 Å². The molecule has 0 fully saturated rings. The minimum Gasteiger partial charge on any atom is -0.494 e. The summed E-state index contributed by atoms with van der Waals surface area (Å²) >= 11 is 1.88. The van der Waals surface area contributed by atoms with Crippen LogP contribution in [-0.4, -0.2) is 19.2 Å². The van der Waals surface area contributed by atoms with E-state index in [0.717, 1.165) is 17.9 Å². The van der Waals surface area contributed by atoms with Crippen LogP contribution < -0.4 is 15.4 Å². The lowest BCUT2D eigenvalue weighted by molar-refractivity contribution is 0.252. The van der Waals surface area contributed by atoms with Crippen LogP contribution in [0.5, 0.6) is 5.75 Å². The average Bonchev–Trinajstić information content (AvgIpc) is 3.00. The Balaban J connectivity index is 1.45. The van der Waals surface area contributed by atoms with Gasteiger partial charge in [0.25, 0.3) is 0 Å². The largest absolute Gasteiger partial charge is 0.494 e. The summed E-state index contributed by atoms with van der Waals surface area (Å²) in [5.41, 5.74) is 3.72. The van der Waals surface area contributed by atoms with Gasteiger partial charge in [-0.1, -0.05) is 0 Å². The fraction of sp³-hybridized carbons (Fsp3) is 0.421. The number of aryl methyl sites for hydroxylation is 1. The van der Waals surface area contributed by atoms with E-state index < -0.39 is 0 Å². The molecule has 0 radical (unpaired) electrons. The fourth-order valence-corrected chi connectivity index (χ4v) is 4.24. The van der Waals surface area contributed by atoms with Gasteiger partial charge in [0.05, 0.1) is 6.61 Å². The average molecular weight is 344 g/mol. The Morgan fingerprint density at radius 1 is 1.21 bits per heavy atom. The minimum atomic E-state index is -0.164. The van der Waals surface area contributed by atoms with Crippen LogP contribution >= 0.6 is 11.3 Å². The summed E-state index contributed by atoms with van der Waals surface area (Å²) in [5.74, 6) is 0.811. The van der Waals surface area contributed by atoms with Gasteiger partial charge in [-0.2, -0.15) is 0 Å². The number of hydrogen-bond acceptors (Lipinski definition) is 3. The van der Waals surface area contributed by atoms with Crippen molar-refractivity contribution in [2.24, 2.45) is 0 Å². The highest BCUT2D eigenvalue weighted by Crippen LogP contribution is 2.30. The van der Waals surface area contributed by atoms with Crippen molar-refractivity contribution in [1.29, 1.82) is 0 Å². The Labute approximate surface area is 147 Å². The summed E-state index contributed by atoms with van der Waals surface area (Å²) < 4.78 is 5.39. The predicted molar refractivity (Wildman–Crippen MR) is 99.3 cm³/mol. The third-order valence-electron chi connectivity index (χ3n) is 4.25. The lowest BCUT2D eigenvalue weighted by Gasteiger charge is -2.13. The zero-order chi connectivity index (χ0) is 16.8. The summed E-state index contributed by atoms with van der Waals surface area (Å²) in [6, 6.07) is 7.25. The molecule has 2 aromatic rings. The van der Waals surface area contributed by atoms with Gasteiger partial charge in [0.15, 0.2) is 0 Å². The van der Waals surface area contributed by atoms with Gasteiger partial charge in [-0.05, 0) is 79.8 Å². The Hall–Kier alpha value is -2.01. The van der Waals surface area contributed by atoms with Crippen LogP contribution in [0.4, 0.5) is 10.5 Å². The molecular weight excluding hydrogens is 320 g/mol. The number of anilines is 1. The highest BCUT2D eigenvalue weighted by atomic mass is 32.1. The van der Waals surface area contributed by atoms with E-state index in [1.165, 1.54) is 31.2 Å². The molecule has 1 aliphatic carbocycles. The van der Waals surface area contributed by atoms with E-state index in [4.69, 9.17) is 4.74 Å². The number of urea groups is 1. The van der Waals surface area contributed by atoms with E-state index in [2.05, 4.69) is 16.0 Å². The number of ether oxygens (including phenoxy) is 1. The van der Waals surface area contributed by atoms with E-state index in [1.807, 2.05) is 42.5 Å². The summed E-state index contributed by atoms with van der Waals surface area (Å²) in [6.07, 6.45) is 5.94. The highest BCUT2D eigenvalue weighted by Gasteiger charge is 2.15. The van der Waals surface area contributed by atoms with Crippen LogP contribution in [0.3, 0.4) is 0 Å². The number of amides is 2. The molecule has 2 N–H and O–H groups in total. The highest BCUT2D eigenvalue weighted by molar-refractivity contribution is 7.10. The summed E-state index contributed by atoms with van der Waals surface area (Å²) in [6.45, 7) is 3.25. The van der Waals surface area contributed by atoms with Gasteiger partial charge < -0.3 is 15.4 Å². The molecule has 24 heavy (non-hydrogen) atoms. The van der Waals surface area contributed by atoms with Crippen molar-refractivity contribution in [3.8, 4) is 5.75 Å². The van der Waals surface area contributed by atoms with Crippen LogP contribution in [0.25, 0.3) is 0 Å². The van der Waals surface area contributed by atoms with Crippen molar-refractivity contribution in [2.45, 2.75) is 39.0 Å². The Kier molecular flexibility index (Phi) is 5.75. The smallest absolute Gasteiger partial charge is 0.319 e. The van der Waals surface area contributed by atoms with E-state index in [9.17, 15) is 4.79 Å². The molecule has 1 aliphatic rings. The second-order valence-corrected chi connectivity index (χ2v) is 6.92. The number of hydrogen-bond donors (Lipinski definition) is 2. The van der Waals surface area contributed by atoms with Crippen LogP contribution in [0, 0.1) is 0 Å². The number of rotatable bonds is 6. The first-order chi connectivity index (χ1) is 11.8. The Bertz CT molecular complexity index is 679. The molecule has 5 heteroatoms. The predicted octanol–water partition coefficient (Wildman–Crippen LogP) is 4.39. The standard InChI is InChI=1S/C19H24N2O2S/c1-2-23-16-9-7-15(8-10-16)21-19(22)20-12-11-14-13-24-18-6-4-3-5-17(14)18/h7-10,13H,2-6,11-12H2,1H3,(H2,20,21,22). The van der Waals surface area contributed by atoms with Crippen molar-refractivity contribution < 1.29 is 9.53 Å². The number of nitrogens with one attached hydrogen (secondary N) is 2. The number of benzene rings is 1. The van der Waals surface area contributed by atoms with E-state index in [1.54, 1.807) is 10.4 Å². The zero-order valence-electron chi connectivity index (χ0n) is 14.1. The van der Waals surface area contributed by atoms with E-state index in [-0.39, 0.29) is 6.03 Å². The first kappa shape index (κ1) is 16.8. The maximum atomic E-state index is 12.0. The molecular formula is C19H24N2O2S. The molecule has 1 aromatic heterocycles. The molecule has 0 bridgehead atoms. The molecule has 1 aromatic carbocycles. The SMILES string of the molecule is CCOc1ccc(NC(=O)NCCc2csc3c2CCCC3)cc1. The van der Waals surface area contributed by atoms with Gasteiger partial charge in [0.2, 0.25) is 0 Å². The molecule has 0 spiro atoms. The van der Waals surface area contributed by atoms with Crippen molar-refractivity contribution in [3.63, 3.8) is 0 Å². The van der Waals surface area contributed by atoms with E-state index in [0.29, 0.717) is 13.2 Å². The molecule has 1 heterocycles. The van der Waals surface area contributed by atoms with Crippen LogP contribution in [0.1, 0.15) is 35.8 Å². The second kappa shape index (κ2) is 8.20. The van der Waals surface area contributed by atoms with Gasteiger partial charge >= 0.3 is 6.03 Å². The molecule has 2 amide bonds. The fourth-order valence-electron chi connectivity index (χ4n) is 3.06. The molecule has 0 unspecified atom stereocenters. The number of carbonyl (C=O) groups excluding carboxylic acids is 1. The van der Waals surface area contributed by atoms with Crippen molar-refractivity contribution in [1.82, 2.24) is 5.32 Å². The monoisotopic (exact) mass is 344 g/mol. The molecule has 0 aliphatic heterocycles. The van der Waals surface area contributed by atoms with Gasteiger partial charge in [-0.15, -0.1) is 11.3 Å². The normalized spacial score (nSPS) is 13.2. The maximum absolute atomic E-state index is 12.0. The summed E-state index contributed by atoms with van der Waals surface area (Å²) in [4.78, 5) is 13.5. The molecule has 4 nitrogen and oxygen atoms in total. The van der Waals surface area contributed by atoms with Gasteiger partial charge in [-0.3, -0.25) is 0 Å². The molecule has 0 atom stereocenters. The molecule has 0 saturated carbocycles. The Morgan fingerprint density at radius 2 is 2.00 bits per heavy atom. The third kappa shape index (κ3) is 4.29. The van der Waals surface area contributed by atoms with Crippen molar-refractivity contribution in [3.05, 3.63) is 45.6 Å². The van der Waals surface area contributed by atoms with Gasteiger partial charge in [0, 0.05) is 17.1 Å². The van der Waals surface area contributed by atoms with Crippen LogP contribution in [0.15, 0.2) is 29.6 Å². The number of carbonyl (C=O) groups is 1. The third-order valence-corrected chi connectivity index (χ3v) is 5.39. The summed E-state index contributed by atoms with van der Waals surface area (Å²) in [5, 5.41) is 8.06. The molecule has 128 valence electrons. The minimum absolute atomic E-state index is 0.164. The molecule has 0 saturated heterocycles. The van der Waals surface area contributed by atoms with Crippen molar-refractivity contribution >= 4 is 23.1 Å². The number of fused-ring (bicyclic) bond motifs is 1. The zero-order valence-corrected chi connectivity index (χ0v) is 14.9. The first-order valence-corrected chi connectivity index (χ1v) is 9.50. The lowest BCUT2D eigenvalue weighted by atomic mass is 9.95. The van der Waals surface area contributed by atoms with Crippen LogP contribution in [-0.2, 0) is 19.3 Å². The quantitative estimate of drug-likeness (QED) is 0.816. The first-order valence-electron chi connectivity index (χ1n) is 8.62. The van der Waals surface area contributed by atoms with Gasteiger partial charge in [-0.25, -0.2) is 4.79 Å².